The molecule has 1 aromatic rings. The minimum absolute atomic E-state index is 0.0220. The van der Waals surface area contributed by atoms with Crippen molar-refractivity contribution in [3.63, 3.8) is 0 Å². The summed E-state index contributed by atoms with van der Waals surface area (Å²) in [6.45, 7) is -1.35. The van der Waals surface area contributed by atoms with Crippen molar-refractivity contribution >= 4 is 17.7 Å². The van der Waals surface area contributed by atoms with Gasteiger partial charge in [0.1, 0.15) is 48.6 Å². The van der Waals surface area contributed by atoms with Gasteiger partial charge >= 0.3 is 12.1 Å². The van der Waals surface area contributed by atoms with Crippen molar-refractivity contribution in [3.05, 3.63) is 23.9 Å². The number of hydrogen-bond donors (Lipinski definition) is 5. The van der Waals surface area contributed by atoms with E-state index in [-0.39, 0.29) is 38.8 Å². The molecule has 1 amide bonds. The van der Waals surface area contributed by atoms with Gasteiger partial charge in [0.2, 0.25) is 5.91 Å². The lowest BCUT2D eigenvalue weighted by molar-refractivity contribution is -0.213. The zero-order chi connectivity index (χ0) is 24.9. The van der Waals surface area contributed by atoms with E-state index in [9.17, 15) is 33.0 Å². The number of nitrogens with zero attached hydrogens (tertiary/aromatic N) is 1. The molecule has 0 unspecified atom stereocenters. The van der Waals surface area contributed by atoms with Gasteiger partial charge in [0.25, 0.3) is 0 Å². The van der Waals surface area contributed by atoms with Crippen LogP contribution in [0.25, 0.3) is 0 Å². The minimum atomic E-state index is -4.66. The van der Waals surface area contributed by atoms with Crippen LogP contribution in [-0.2, 0) is 34.7 Å². The average molecular weight is 495 g/mol. The van der Waals surface area contributed by atoms with E-state index in [1.807, 2.05) is 0 Å². The molecule has 2 bridgehead atoms. The normalized spacial score (nSPS) is 28.5. The molecule has 34 heavy (non-hydrogen) atoms. The molecule has 2 aliphatic rings. The summed E-state index contributed by atoms with van der Waals surface area (Å²) in [6, 6.07) is 2.06. The standard InChI is InChI=1S/C19H24F3N3O9/c20-19(21,22)10-2-1-3-11(24-10)25-14-15(29)16(30)18(9-33-17(14)34-18)8-23-12(26)6-31-4-5-32-7-13(27)28/h1-3,14-17,29-30H,4-9H2,(H,23,26)(H,24,25)(H,27,28)/t14-,15-,16-,17+,18+/m1/s1. The molecule has 15 heteroatoms. The Hall–Kier alpha value is -2.56. The molecule has 0 spiro atoms. The molecule has 2 aliphatic heterocycles. The number of carboxylic acids is 1. The van der Waals surface area contributed by atoms with Crippen LogP contribution in [0.3, 0.4) is 0 Å². The Labute approximate surface area is 191 Å². The van der Waals surface area contributed by atoms with Crippen molar-refractivity contribution in [2.24, 2.45) is 0 Å². The number of pyridine rings is 1. The van der Waals surface area contributed by atoms with Crippen LogP contribution in [0.15, 0.2) is 18.2 Å². The summed E-state index contributed by atoms with van der Waals surface area (Å²) in [5, 5.41) is 34.8. The van der Waals surface area contributed by atoms with Gasteiger partial charge in [-0.15, -0.1) is 0 Å². The molecule has 0 saturated carbocycles. The van der Waals surface area contributed by atoms with E-state index in [0.29, 0.717) is 0 Å². The highest BCUT2D eigenvalue weighted by Gasteiger charge is 2.59. The quantitative estimate of drug-likeness (QED) is 0.238. The number of amides is 1. The molecule has 3 heterocycles. The van der Waals surface area contributed by atoms with Gasteiger partial charge in [0, 0.05) is 0 Å². The summed E-state index contributed by atoms with van der Waals surface area (Å²) in [5.74, 6) is -1.91. The van der Waals surface area contributed by atoms with Gasteiger partial charge in [-0.25, -0.2) is 9.78 Å². The number of carboxylic acid groups (broad SMARTS) is 1. The number of ether oxygens (including phenoxy) is 4. The van der Waals surface area contributed by atoms with Crippen molar-refractivity contribution in [1.82, 2.24) is 10.3 Å². The number of aromatic nitrogens is 1. The second-order valence-corrected chi connectivity index (χ2v) is 7.65. The molecule has 190 valence electrons. The number of rotatable bonds is 11. The third-order valence-corrected chi connectivity index (χ3v) is 5.14. The highest BCUT2D eigenvalue weighted by Crippen LogP contribution is 2.38. The summed E-state index contributed by atoms with van der Waals surface area (Å²) in [5.41, 5.74) is -2.62. The Balaban J connectivity index is 1.51. The third-order valence-electron chi connectivity index (χ3n) is 5.14. The predicted octanol–water partition coefficient (Wildman–Crippen LogP) is -1.04. The van der Waals surface area contributed by atoms with Crippen LogP contribution < -0.4 is 10.6 Å². The molecular formula is C19H24F3N3O9. The monoisotopic (exact) mass is 495 g/mol. The van der Waals surface area contributed by atoms with Crippen molar-refractivity contribution < 1.29 is 57.0 Å². The van der Waals surface area contributed by atoms with Gasteiger partial charge in [-0.2, -0.15) is 13.2 Å². The summed E-state index contributed by atoms with van der Waals surface area (Å²) in [7, 11) is 0. The Kier molecular flexibility index (Phi) is 8.27. The largest absolute Gasteiger partial charge is 0.480 e. The lowest BCUT2D eigenvalue weighted by Crippen LogP contribution is -2.66. The Morgan fingerprint density at radius 2 is 1.91 bits per heavy atom. The van der Waals surface area contributed by atoms with Crippen molar-refractivity contribution in [3.8, 4) is 0 Å². The fourth-order valence-corrected chi connectivity index (χ4v) is 3.46. The first-order chi connectivity index (χ1) is 16.0. The summed E-state index contributed by atoms with van der Waals surface area (Å²) < 4.78 is 59.7. The summed E-state index contributed by atoms with van der Waals surface area (Å²) in [4.78, 5) is 25.8. The number of carbonyl (C=O) groups excluding carboxylic acids is 1. The number of nitrogens with one attached hydrogen (secondary N) is 2. The number of alkyl halides is 3. The maximum Gasteiger partial charge on any atom is 0.433 e. The van der Waals surface area contributed by atoms with E-state index < -0.39 is 60.5 Å². The molecule has 3 rings (SSSR count). The van der Waals surface area contributed by atoms with E-state index in [4.69, 9.17) is 24.1 Å². The molecule has 2 saturated heterocycles. The molecule has 0 radical (unpaired) electrons. The van der Waals surface area contributed by atoms with Gasteiger partial charge in [-0.05, 0) is 12.1 Å². The SMILES string of the molecule is O=C(O)COCCOCC(=O)NC[C@@]12CO[C@@H](O1)[C@H](Nc1cccc(C(F)(F)F)n1)[C@@H](O)[C@H]2O. The molecule has 0 aromatic carbocycles. The first-order valence-corrected chi connectivity index (χ1v) is 10.1. The van der Waals surface area contributed by atoms with Gasteiger partial charge in [-0.3, -0.25) is 4.79 Å². The van der Waals surface area contributed by atoms with E-state index >= 15 is 0 Å². The Morgan fingerprint density at radius 3 is 2.59 bits per heavy atom. The maximum atomic E-state index is 12.9. The van der Waals surface area contributed by atoms with Gasteiger partial charge < -0.3 is 44.9 Å². The predicted molar refractivity (Wildman–Crippen MR) is 105 cm³/mol. The molecule has 12 nitrogen and oxygen atoms in total. The lowest BCUT2D eigenvalue weighted by Gasteiger charge is -2.43. The highest BCUT2D eigenvalue weighted by molar-refractivity contribution is 5.77. The second-order valence-electron chi connectivity index (χ2n) is 7.65. The van der Waals surface area contributed by atoms with Crippen LogP contribution in [0.5, 0.6) is 0 Å². The number of aliphatic carboxylic acids is 1. The van der Waals surface area contributed by atoms with Crippen LogP contribution in [0.4, 0.5) is 19.0 Å². The van der Waals surface area contributed by atoms with Crippen LogP contribution >= 0.6 is 0 Å². The fraction of sp³-hybridized carbons (Fsp3) is 0.632. The van der Waals surface area contributed by atoms with Gasteiger partial charge in [-0.1, -0.05) is 6.07 Å². The molecule has 5 N–H and O–H groups in total. The van der Waals surface area contributed by atoms with Gasteiger partial charge in [0.05, 0.1) is 26.4 Å². The fourth-order valence-electron chi connectivity index (χ4n) is 3.46. The number of hydrogen-bond acceptors (Lipinski definition) is 10. The smallest absolute Gasteiger partial charge is 0.433 e. The topological polar surface area (TPSA) is 169 Å². The van der Waals surface area contributed by atoms with E-state index in [1.54, 1.807) is 0 Å². The van der Waals surface area contributed by atoms with Crippen LogP contribution in [0.1, 0.15) is 5.69 Å². The molecule has 2 fully saturated rings. The van der Waals surface area contributed by atoms with E-state index in [1.165, 1.54) is 6.07 Å². The van der Waals surface area contributed by atoms with Crippen molar-refractivity contribution in [2.75, 3.05) is 44.9 Å². The molecule has 0 aliphatic carbocycles. The van der Waals surface area contributed by atoms with E-state index in [2.05, 4.69) is 15.6 Å². The minimum Gasteiger partial charge on any atom is -0.480 e. The van der Waals surface area contributed by atoms with Crippen LogP contribution in [-0.4, -0.2) is 102 Å². The number of aliphatic hydroxyl groups is 2. The van der Waals surface area contributed by atoms with Gasteiger partial charge in [0.15, 0.2) is 6.29 Å². The maximum absolute atomic E-state index is 12.9. The van der Waals surface area contributed by atoms with E-state index in [0.717, 1.165) is 12.1 Å². The summed E-state index contributed by atoms with van der Waals surface area (Å²) >= 11 is 0. The molecular weight excluding hydrogens is 471 g/mol. The Bertz CT molecular complexity index is 875. The molecule has 1 aromatic heterocycles. The zero-order valence-electron chi connectivity index (χ0n) is 17.7. The second kappa shape index (κ2) is 10.8. The van der Waals surface area contributed by atoms with Crippen LogP contribution in [0, 0.1) is 0 Å². The molecule has 5 atom stereocenters. The number of fused-ring (bicyclic) bond motifs is 2. The zero-order valence-corrected chi connectivity index (χ0v) is 17.7. The number of halogens is 3. The number of carbonyl (C=O) groups is 2. The van der Waals surface area contributed by atoms with Crippen LogP contribution in [0.2, 0.25) is 0 Å². The first-order valence-electron chi connectivity index (χ1n) is 10.1. The highest BCUT2D eigenvalue weighted by atomic mass is 19.4. The first kappa shape index (κ1) is 26.1. The van der Waals surface area contributed by atoms with Crippen molar-refractivity contribution in [2.45, 2.75) is 36.3 Å². The Morgan fingerprint density at radius 1 is 1.21 bits per heavy atom. The van der Waals surface area contributed by atoms with Crippen molar-refractivity contribution in [1.29, 1.82) is 0 Å². The summed E-state index contributed by atoms with van der Waals surface area (Å²) in [6.07, 6.45) is -8.86. The third kappa shape index (κ3) is 6.31. The number of anilines is 1. The lowest BCUT2D eigenvalue weighted by atomic mass is 9.87. The average Bonchev–Trinajstić information content (AvgIpc) is 3.18. The number of aliphatic hydroxyl groups excluding tert-OH is 2.